The van der Waals surface area contributed by atoms with E-state index in [0.29, 0.717) is 30.0 Å². The highest BCUT2D eigenvalue weighted by Gasteiger charge is 2.17. The van der Waals surface area contributed by atoms with Crippen molar-refractivity contribution in [1.82, 2.24) is 4.98 Å². The molecular weight excluding hydrogens is 404 g/mol. The number of rotatable bonds is 9. The van der Waals surface area contributed by atoms with Crippen LogP contribution in [-0.4, -0.2) is 39.6 Å². The molecule has 2 aromatic carbocycles. The first-order valence-electron chi connectivity index (χ1n) is 9.24. The minimum absolute atomic E-state index is 0.198. The van der Waals surface area contributed by atoms with Gasteiger partial charge in [0.05, 0.1) is 17.3 Å². The van der Waals surface area contributed by atoms with E-state index in [1.165, 1.54) is 0 Å². The number of hydrogen-bond donors (Lipinski definition) is 1. The maximum absolute atomic E-state index is 12.7. The first-order valence-corrected chi connectivity index (χ1v) is 10.9. The van der Waals surface area contributed by atoms with Crippen LogP contribution in [0.3, 0.4) is 0 Å². The van der Waals surface area contributed by atoms with Gasteiger partial charge in [0.25, 0.3) is 5.91 Å². The highest BCUT2D eigenvalue weighted by molar-refractivity contribution is 7.90. The molecule has 1 aromatic heterocycles. The van der Waals surface area contributed by atoms with Crippen LogP contribution in [0.1, 0.15) is 15.9 Å². The molecule has 0 radical (unpaired) electrons. The molecule has 0 aliphatic carbocycles. The van der Waals surface area contributed by atoms with Gasteiger partial charge in [0, 0.05) is 18.9 Å². The van der Waals surface area contributed by atoms with Crippen LogP contribution in [0.15, 0.2) is 77.8 Å². The minimum atomic E-state index is -3.51. The Morgan fingerprint density at radius 2 is 1.80 bits per heavy atom. The molecule has 3 rings (SSSR count). The molecule has 8 heteroatoms. The maximum atomic E-state index is 12.7. The smallest absolute Gasteiger partial charge is 0.255 e. The first kappa shape index (κ1) is 21.5. The quantitative estimate of drug-likeness (QED) is 0.528. The number of pyridine rings is 1. The number of nitrogens with zero attached hydrogens (tertiary/aromatic N) is 1. The summed E-state index contributed by atoms with van der Waals surface area (Å²) in [4.78, 5) is 17.1. The van der Waals surface area contributed by atoms with Crippen LogP contribution >= 0.6 is 0 Å². The molecule has 1 heterocycles. The lowest BCUT2D eigenvalue weighted by molar-refractivity contribution is 0.102. The molecule has 1 N–H and O–H groups in total. The number of carbonyl (C=O) groups excluding carboxylic acids is 1. The third-order valence-corrected chi connectivity index (χ3v) is 5.90. The van der Waals surface area contributed by atoms with Crippen molar-refractivity contribution in [3.63, 3.8) is 0 Å². The third kappa shape index (κ3) is 5.65. The zero-order valence-electron chi connectivity index (χ0n) is 16.4. The molecular formula is C22H22N2O5S. The number of aromatic nitrogens is 1. The Balaban J connectivity index is 1.74. The van der Waals surface area contributed by atoms with Crippen molar-refractivity contribution in [1.29, 1.82) is 0 Å². The number of carbonyl (C=O) groups is 1. The summed E-state index contributed by atoms with van der Waals surface area (Å²) in [5, 5.41) is 2.76. The number of hydrogen-bond acceptors (Lipinski definition) is 6. The lowest BCUT2D eigenvalue weighted by atomic mass is 10.1. The zero-order valence-corrected chi connectivity index (χ0v) is 17.3. The van der Waals surface area contributed by atoms with Crippen molar-refractivity contribution in [3.8, 4) is 5.88 Å². The highest BCUT2D eigenvalue weighted by atomic mass is 32.2. The average Bonchev–Trinajstić information content (AvgIpc) is 2.75. The van der Waals surface area contributed by atoms with Crippen LogP contribution in [-0.2, 0) is 20.3 Å². The number of amides is 1. The van der Waals surface area contributed by atoms with Gasteiger partial charge in [-0.25, -0.2) is 13.4 Å². The standard InChI is InChI=1S/C22H22N2O5S/c1-28-13-14-29-22-20(11-6-12-23-22)24-21(25)18-8-5-7-17(15-18)16-30(26,27)19-9-3-2-4-10-19/h2-12,15H,13-14,16H2,1H3,(H,24,25). The van der Waals surface area contributed by atoms with Crippen LogP contribution in [0.5, 0.6) is 5.88 Å². The van der Waals surface area contributed by atoms with Gasteiger partial charge >= 0.3 is 0 Å². The fourth-order valence-corrected chi connectivity index (χ4v) is 4.11. The number of nitrogens with one attached hydrogen (secondary N) is 1. The molecule has 3 aromatic rings. The maximum Gasteiger partial charge on any atom is 0.255 e. The van der Waals surface area contributed by atoms with Gasteiger partial charge in [-0.2, -0.15) is 0 Å². The van der Waals surface area contributed by atoms with E-state index in [0.717, 1.165) is 0 Å². The molecule has 0 aliphatic rings. The lowest BCUT2D eigenvalue weighted by Crippen LogP contribution is -2.15. The monoisotopic (exact) mass is 426 g/mol. The second-order valence-electron chi connectivity index (χ2n) is 6.42. The summed E-state index contributed by atoms with van der Waals surface area (Å²) in [7, 11) is -1.94. The summed E-state index contributed by atoms with van der Waals surface area (Å²) in [6.07, 6.45) is 1.56. The van der Waals surface area contributed by atoms with Gasteiger partial charge in [-0.1, -0.05) is 30.3 Å². The third-order valence-electron chi connectivity index (χ3n) is 4.19. The van der Waals surface area contributed by atoms with E-state index in [-0.39, 0.29) is 16.5 Å². The normalized spacial score (nSPS) is 11.1. The number of anilines is 1. The molecule has 0 saturated heterocycles. The van der Waals surface area contributed by atoms with E-state index in [2.05, 4.69) is 10.3 Å². The van der Waals surface area contributed by atoms with Gasteiger partial charge in [-0.05, 0) is 42.0 Å². The van der Waals surface area contributed by atoms with Crippen LogP contribution in [0.4, 0.5) is 5.69 Å². The second-order valence-corrected chi connectivity index (χ2v) is 8.41. The summed E-state index contributed by atoms with van der Waals surface area (Å²) in [5.41, 5.74) is 1.28. The number of sulfone groups is 1. The molecule has 0 fully saturated rings. The van der Waals surface area contributed by atoms with Gasteiger partial charge in [-0.15, -0.1) is 0 Å². The molecule has 30 heavy (non-hydrogen) atoms. The van der Waals surface area contributed by atoms with Crippen molar-refractivity contribution in [3.05, 3.63) is 84.1 Å². The summed E-state index contributed by atoms with van der Waals surface area (Å²) in [6.45, 7) is 0.686. The molecule has 0 atom stereocenters. The highest BCUT2D eigenvalue weighted by Crippen LogP contribution is 2.22. The Kier molecular flexibility index (Phi) is 7.16. The van der Waals surface area contributed by atoms with Crippen molar-refractivity contribution in [2.45, 2.75) is 10.6 Å². The summed E-state index contributed by atoms with van der Waals surface area (Å²) < 4.78 is 35.7. The molecule has 0 unspecified atom stereocenters. The topological polar surface area (TPSA) is 94.6 Å². The zero-order chi connectivity index (χ0) is 21.4. The Morgan fingerprint density at radius 3 is 2.57 bits per heavy atom. The van der Waals surface area contributed by atoms with Crippen molar-refractivity contribution < 1.29 is 22.7 Å². The van der Waals surface area contributed by atoms with Crippen LogP contribution < -0.4 is 10.1 Å². The molecule has 156 valence electrons. The van der Waals surface area contributed by atoms with Gasteiger partial charge in [0.15, 0.2) is 9.84 Å². The van der Waals surface area contributed by atoms with E-state index < -0.39 is 15.7 Å². The van der Waals surface area contributed by atoms with Crippen LogP contribution in [0.2, 0.25) is 0 Å². The minimum Gasteiger partial charge on any atom is -0.474 e. The Hall–Kier alpha value is -3.23. The van der Waals surface area contributed by atoms with Crippen molar-refractivity contribution in [2.75, 3.05) is 25.6 Å². The summed E-state index contributed by atoms with van der Waals surface area (Å²) in [6, 6.07) is 18.1. The van der Waals surface area contributed by atoms with Gasteiger partial charge in [0.2, 0.25) is 5.88 Å². The fraction of sp³-hybridized carbons (Fsp3) is 0.182. The molecule has 1 amide bonds. The second kappa shape index (κ2) is 10.00. The van der Waals surface area contributed by atoms with Crippen molar-refractivity contribution >= 4 is 21.4 Å². The Bertz CT molecular complexity index is 1100. The van der Waals surface area contributed by atoms with Gasteiger partial charge in [0.1, 0.15) is 12.3 Å². The number of ether oxygens (including phenoxy) is 2. The largest absolute Gasteiger partial charge is 0.474 e. The SMILES string of the molecule is COCCOc1ncccc1NC(=O)c1cccc(CS(=O)(=O)c2ccccc2)c1. The Labute approximate surface area is 175 Å². The molecule has 0 aliphatic heterocycles. The Morgan fingerprint density at radius 1 is 1.00 bits per heavy atom. The van der Waals surface area contributed by atoms with Crippen LogP contribution in [0, 0.1) is 0 Å². The molecule has 0 bridgehead atoms. The number of methoxy groups -OCH3 is 1. The fourth-order valence-electron chi connectivity index (χ4n) is 2.75. The molecule has 7 nitrogen and oxygen atoms in total. The first-order chi connectivity index (χ1) is 14.5. The van der Waals surface area contributed by atoms with Gasteiger partial charge < -0.3 is 14.8 Å². The van der Waals surface area contributed by atoms with E-state index in [9.17, 15) is 13.2 Å². The predicted molar refractivity (Wildman–Crippen MR) is 113 cm³/mol. The van der Waals surface area contributed by atoms with Gasteiger partial charge in [-0.3, -0.25) is 4.79 Å². The molecule has 0 spiro atoms. The predicted octanol–water partition coefficient (Wildman–Crippen LogP) is 3.33. The van der Waals surface area contributed by atoms with E-state index in [1.807, 2.05) is 0 Å². The van der Waals surface area contributed by atoms with E-state index in [4.69, 9.17) is 9.47 Å². The lowest BCUT2D eigenvalue weighted by Gasteiger charge is -2.11. The summed E-state index contributed by atoms with van der Waals surface area (Å²) in [5.74, 6) is -0.305. The van der Waals surface area contributed by atoms with Crippen molar-refractivity contribution in [2.24, 2.45) is 0 Å². The summed E-state index contributed by atoms with van der Waals surface area (Å²) >= 11 is 0. The molecule has 0 saturated carbocycles. The van der Waals surface area contributed by atoms with E-state index >= 15 is 0 Å². The van der Waals surface area contributed by atoms with Crippen LogP contribution in [0.25, 0.3) is 0 Å². The van der Waals surface area contributed by atoms with E-state index in [1.54, 1.807) is 80.0 Å². The average molecular weight is 426 g/mol. The number of benzene rings is 2.